The van der Waals surface area contributed by atoms with Gasteiger partial charge in [0.2, 0.25) is 5.91 Å². The Morgan fingerprint density at radius 3 is 2.23 bits per heavy atom. The third-order valence-electron chi connectivity index (χ3n) is 3.24. The van der Waals surface area contributed by atoms with Crippen LogP contribution in [0.3, 0.4) is 0 Å². The zero-order valence-electron chi connectivity index (χ0n) is 15.4. The summed E-state index contributed by atoms with van der Waals surface area (Å²) in [5.41, 5.74) is -0.115. The van der Waals surface area contributed by atoms with E-state index in [9.17, 15) is 9.59 Å². The predicted octanol–water partition coefficient (Wildman–Crippen LogP) is 4.33. The van der Waals surface area contributed by atoms with Crippen molar-refractivity contribution < 1.29 is 19.1 Å². The molecule has 0 spiro atoms. The van der Waals surface area contributed by atoms with Crippen molar-refractivity contribution in [3.8, 4) is 11.5 Å². The number of para-hydroxylation sites is 3. The molecule has 0 saturated carbocycles. The first kappa shape index (κ1) is 19.3. The highest BCUT2D eigenvalue weighted by Crippen LogP contribution is 2.29. The SMILES string of the molecule is C[C@H](NC(=O)OC(C)(C)C)C(=O)Nc1ccccc1Oc1ccccc1. The van der Waals surface area contributed by atoms with Crippen molar-refractivity contribution in [3.05, 3.63) is 54.6 Å². The van der Waals surface area contributed by atoms with Crippen LogP contribution in [0.4, 0.5) is 10.5 Å². The number of carbonyl (C=O) groups excluding carboxylic acids is 2. The summed E-state index contributed by atoms with van der Waals surface area (Å²) in [4.78, 5) is 24.2. The molecule has 2 aromatic rings. The number of amides is 2. The topological polar surface area (TPSA) is 76.7 Å². The van der Waals surface area contributed by atoms with E-state index in [-0.39, 0.29) is 5.91 Å². The summed E-state index contributed by atoms with van der Waals surface area (Å²) in [6.45, 7) is 6.86. The zero-order valence-corrected chi connectivity index (χ0v) is 15.4. The third kappa shape index (κ3) is 6.12. The molecule has 2 rings (SSSR count). The summed E-state index contributed by atoms with van der Waals surface area (Å²) in [5, 5.41) is 5.28. The summed E-state index contributed by atoms with van der Waals surface area (Å²) in [6, 6.07) is 15.6. The molecule has 0 bridgehead atoms. The summed E-state index contributed by atoms with van der Waals surface area (Å²) in [7, 11) is 0. The molecule has 0 aliphatic rings. The van der Waals surface area contributed by atoms with Crippen molar-refractivity contribution in [1.82, 2.24) is 5.32 Å². The maximum absolute atomic E-state index is 12.4. The Labute approximate surface area is 153 Å². The molecule has 6 nitrogen and oxygen atoms in total. The molecule has 0 radical (unpaired) electrons. The first-order valence-electron chi connectivity index (χ1n) is 8.37. The molecule has 0 aliphatic carbocycles. The number of nitrogens with one attached hydrogen (secondary N) is 2. The Kier molecular flexibility index (Phi) is 6.22. The second-order valence-electron chi connectivity index (χ2n) is 6.77. The fourth-order valence-corrected chi connectivity index (χ4v) is 2.07. The Morgan fingerprint density at radius 1 is 0.962 bits per heavy atom. The van der Waals surface area contributed by atoms with Crippen LogP contribution >= 0.6 is 0 Å². The van der Waals surface area contributed by atoms with Crippen LogP contribution in [0, 0.1) is 0 Å². The molecule has 0 saturated heterocycles. The number of ether oxygens (including phenoxy) is 2. The maximum Gasteiger partial charge on any atom is 0.408 e. The van der Waals surface area contributed by atoms with E-state index in [1.807, 2.05) is 36.4 Å². The number of rotatable bonds is 5. The molecule has 0 fully saturated rings. The van der Waals surface area contributed by atoms with Gasteiger partial charge in [-0.25, -0.2) is 4.79 Å². The van der Waals surface area contributed by atoms with Gasteiger partial charge in [-0.1, -0.05) is 30.3 Å². The van der Waals surface area contributed by atoms with Gasteiger partial charge >= 0.3 is 6.09 Å². The second-order valence-corrected chi connectivity index (χ2v) is 6.77. The second kappa shape index (κ2) is 8.38. The van der Waals surface area contributed by atoms with E-state index < -0.39 is 17.7 Å². The standard InChI is InChI=1S/C20H24N2O4/c1-14(21-19(24)26-20(2,3)4)18(23)22-16-12-8-9-13-17(16)25-15-10-6-5-7-11-15/h5-14H,1-4H3,(H,21,24)(H,22,23)/t14-/m0/s1. The molecular formula is C20H24N2O4. The lowest BCUT2D eigenvalue weighted by Crippen LogP contribution is -2.44. The highest BCUT2D eigenvalue weighted by molar-refractivity contribution is 5.97. The Hall–Kier alpha value is -3.02. The monoisotopic (exact) mass is 356 g/mol. The first-order chi connectivity index (χ1) is 12.2. The Morgan fingerprint density at radius 2 is 1.58 bits per heavy atom. The van der Waals surface area contributed by atoms with Gasteiger partial charge in [-0.2, -0.15) is 0 Å². The van der Waals surface area contributed by atoms with Crippen LogP contribution in [0.25, 0.3) is 0 Å². The lowest BCUT2D eigenvalue weighted by Gasteiger charge is -2.22. The first-order valence-corrected chi connectivity index (χ1v) is 8.37. The van der Waals surface area contributed by atoms with E-state index in [1.165, 1.54) is 0 Å². The molecule has 6 heteroatoms. The predicted molar refractivity (Wildman–Crippen MR) is 100 cm³/mol. The molecule has 0 aromatic heterocycles. The van der Waals surface area contributed by atoms with Gasteiger partial charge in [0.05, 0.1) is 5.69 Å². The third-order valence-corrected chi connectivity index (χ3v) is 3.24. The Bertz CT molecular complexity index is 754. The van der Waals surface area contributed by atoms with Crippen LogP contribution in [0.1, 0.15) is 27.7 Å². The van der Waals surface area contributed by atoms with E-state index in [4.69, 9.17) is 9.47 Å². The molecular weight excluding hydrogens is 332 g/mol. The summed E-state index contributed by atoms with van der Waals surface area (Å²) in [5.74, 6) is 0.797. The normalized spacial score (nSPS) is 12.0. The van der Waals surface area contributed by atoms with Crippen molar-refractivity contribution in [3.63, 3.8) is 0 Å². The van der Waals surface area contributed by atoms with Crippen LogP contribution in [0.2, 0.25) is 0 Å². The average Bonchev–Trinajstić information content (AvgIpc) is 2.55. The van der Waals surface area contributed by atoms with Gasteiger partial charge in [0.25, 0.3) is 0 Å². The van der Waals surface area contributed by atoms with Crippen molar-refractivity contribution in [1.29, 1.82) is 0 Å². The molecule has 2 amide bonds. The van der Waals surface area contributed by atoms with Gasteiger partial charge in [0.1, 0.15) is 17.4 Å². The smallest absolute Gasteiger partial charge is 0.408 e. The van der Waals surface area contributed by atoms with Gasteiger partial charge in [0, 0.05) is 0 Å². The molecule has 0 aliphatic heterocycles. The van der Waals surface area contributed by atoms with Crippen LogP contribution in [0.5, 0.6) is 11.5 Å². The molecule has 2 aromatic carbocycles. The van der Waals surface area contributed by atoms with Gasteiger partial charge in [-0.15, -0.1) is 0 Å². The van der Waals surface area contributed by atoms with Crippen LogP contribution < -0.4 is 15.4 Å². The van der Waals surface area contributed by atoms with E-state index >= 15 is 0 Å². The van der Waals surface area contributed by atoms with Crippen molar-refractivity contribution in [2.75, 3.05) is 5.32 Å². The largest absolute Gasteiger partial charge is 0.455 e. The number of hydrogen-bond donors (Lipinski definition) is 2. The van der Waals surface area contributed by atoms with Crippen LogP contribution in [-0.4, -0.2) is 23.6 Å². The van der Waals surface area contributed by atoms with Crippen molar-refractivity contribution >= 4 is 17.7 Å². The Balaban J connectivity index is 2.01. The van der Waals surface area contributed by atoms with Gasteiger partial charge in [-0.05, 0) is 52.0 Å². The highest BCUT2D eigenvalue weighted by Gasteiger charge is 2.21. The number of alkyl carbamates (subject to hydrolysis) is 1. The quantitative estimate of drug-likeness (QED) is 0.836. The highest BCUT2D eigenvalue weighted by atomic mass is 16.6. The van der Waals surface area contributed by atoms with Gasteiger partial charge in [-0.3, -0.25) is 4.79 Å². The van der Waals surface area contributed by atoms with E-state index in [0.29, 0.717) is 17.2 Å². The van der Waals surface area contributed by atoms with Crippen LogP contribution in [-0.2, 0) is 9.53 Å². The summed E-state index contributed by atoms with van der Waals surface area (Å²) in [6.07, 6.45) is -0.644. The van der Waals surface area contributed by atoms with Gasteiger partial charge in [0.15, 0.2) is 5.75 Å². The number of anilines is 1. The summed E-state index contributed by atoms with van der Waals surface area (Å²) >= 11 is 0. The fourth-order valence-electron chi connectivity index (χ4n) is 2.07. The minimum Gasteiger partial charge on any atom is -0.455 e. The number of carbonyl (C=O) groups is 2. The van der Waals surface area contributed by atoms with E-state index in [2.05, 4.69) is 10.6 Å². The molecule has 2 N–H and O–H groups in total. The lowest BCUT2D eigenvalue weighted by atomic mass is 10.2. The lowest BCUT2D eigenvalue weighted by molar-refractivity contribution is -0.117. The molecule has 26 heavy (non-hydrogen) atoms. The molecule has 138 valence electrons. The zero-order chi connectivity index (χ0) is 19.2. The number of benzene rings is 2. The van der Waals surface area contributed by atoms with Gasteiger partial charge < -0.3 is 20.1 Å². The number of hydrogen-bond acceptors (Lipinski definition) is 4. The van der Waals surface area contributed by atoms with Crippen LogP contribution in [0.15, 0.2) is 54.6 Å². The van der Waals surface area contributed by atoms with Crippen molar-refractivity contribution in [2.24, 2.45) is 0 Å². The minimum atomic E-state index is -0.769. The maximum atomic E-state index is 12.4. The fraction of sp³-hybridized carbons (Fsp3) is 0.300. The van der Waals surface area contributed by atoms with Crippen molar-refractivity contribution in [2.45, 2.75) is 39.3 Å². The summed E-state index contributed by atoms with van der Waals surface area (Å²) < 4.78 is 11.0. The molecule has 0 unspecified atom stereocenters. The minimum absolute atomic E-state index is 0.375. The average molecular weight is 356 g/mol. The molecule has 0 heterocycles. The van der Waals surface area contributed by atoms with E-state index in [0.717, 1.165) is 0 Å². The molecule has 1 atom stereocenters. The van der Waals surface area contributed by atoms with E-state index in [1.54, 1.807) is 45.9 Å².